The van der Waals surface area contributed by atoms with E-state index in [0.717, 1.165) is 0 Å². The zero-order valence-electron chi connectivity index (χ0n) is 3.07. The van der Waals surface area contributed by atoms with Crippen LogP contribution in [0, 0.1) is 0 Å². The molecule has 0 nitrogen and oxygen atoms in total. The van der Waals surface area contributed by atoms with Gasteiger partial charge in [-0.2, -0.15) is 0 Å². The first-order valence-electron chi connectivity index (χ1n) is 1.11. The Hall–Kier alpha value is -0.480. The molecule has 0 amide bonds. The lowest BCUT2D eigenvalue weighted by Gasteiger charge is -1.37. The summed E-state index contributed by atoms with van der Waals surface area (Å²) in [7, 11) is 0. The minimum atomic E-state index is 0. The first-order valence-corrected chi connectivity index (χ1v) is 1.11. The average molecular weight is 107 g/mol. The molecule has 6 heavy (non-hydrogen) atoms. The molecule has 0 aliphatic heterocycles. The molecule has 0 spiro atoms. The lowest BCUT2D eigenvalue weighted by atomic mass is 10.8. The van der Waals surface area contributed by atoms with E-state index in [1.165, 1.54) is 0 Å². The van der Waals surface area contributed by atoms with Crippen LogP contribution in [0.15, 0.2) is 24.4 Å². The Balaban J connectivity index is 0. The van der Waals surface area contributed by atoms with Crippen LogP contribution in [0.25, 0.3) is 0 Å². The molecule has 0 unspecified atom stereocenters. The van der Waals surface area contributed by atoms with Gasteiger partial charge < -0.3 is 0 Å². The van der Waals surface area contributed by atoms with Crippen molar-refractivity contribution < 1.29 is 4.39 Å². The van der Waals surface area contributed by atoms with Crippen molar-refractivity contribution in [1.82, 2.24) is 0 Å². The molecule has 0 heterocycles. The van der Waals surface area contributed by atoms with E-state index in [2.05, 4.69) is 12.3 Å². The quantitative estimate of drug-likeness (QED) is 0.414. The van der Waals surface area contributed by atoms with Gasteiger partial charge in [0.25, 0.3) is 0 Å². The van der Waals surface area contributed by atoms with Crippen LogP contribution in [-0.4, -0.2) is 0 Å². The van der Waals surface area contributed by atoms with Gasteiger partial charge in [0.1, 0.15) is 6.33 Å². The van der Waals surface area contributed by atoms with Gasteiger partial charge >= 0.3 is 0 Å². The summed E-state index contributed by atoms with van der Waals surface area (Å²) in [6, 6.07) is 0. The monoisotopic (exact) mass is 106 g/mol. The van der Waals surface area contributed by atoms with E-state index >= 15 is 0 Å². The molecule has 0 bridgehead atoms. The normalized spacial score (nSPS) is 3.50. The molecular weight excluding hydrogens is 102 g/mol. The predicted octanol–water partition coefficient (Wildman–Crippen LogP) is 1.83. The molecule has 0 aromatic heterocycles. The largest absolute Gasteiger partial charge is 0.206 e. The Labute approximate surface area is 42.1 Å². The average Bonchev–Trinajstić information content (AvgIpc) is 1.41. The molecule has 0 atom stereocenters. The smallest absolute Gasteiger partial charge is 0.137 e. The lowest BCUT2D eigenvalue weighted by molar-refractivity contribution is 0.723. The van der Waals surface area contributed by atoms with E-state index in [0.29, 0.717) is 0 Å². The Morgan fingerprint density at radius 2 is 2.17 bits per heavy atom. The number of rotatable bonds is 0. The van der Waals surface area contributed by atoms with Crippen LogP contribution in [-0.2, 0) is 0 Å². The van der Waals surface area contributed by atoms with E-state index < -0.39 is 0 Å². The van der Waals surface area contributed by atoms with Gasteiger partial charge in [0, 0.05) is 0 Å². The fraction of sp³-hybridized carbons (Fsp3) is 0. The molecule has 2 heteroatoms. The van der Waals surface area contributed by atoms with Gasteiger partial charge in [-0.15, -0.1) is 12.4 Å². The standard InChI is InChI=1S/C4H3F.ClH/c1-2-3-4-5;/h4H,1H2;1H. The minimum Gasteiger partial charge on any atom is -0.206 e. The van der Waals surface area contributed by atoms with Crippen LogP contribution in [0.3, 0.4) is 0 Å². The summed E-state index contributed by atoms with van der Waals surface area (Å²) in [4.78, 5) is 0. The third kappa shape index (κ3) is 9.68. The van der Waals surface area contributed by atoms with Crippen LogP contribution >= 0.6 is 12.4 Å². The topological polar surface area (TPSA) is 0 Å². The zero-order valence-corrected chi connectivity index (χ0v) is 3.89. The fourth-order valence-corrected chi connectivity index (χ4v) is 0.0386. The second-order valence-electron chi connectivity index (χ2n) is 0.430. The zero-order chi connectivity index (χ0) is 4.12. The van der Waals surface area contributed by atoms with Crippen LogP contribution < -0.4 is 0 Å². The molecule has 0 fully saturated rings. The van der Waals surface area contributed by atoms with Gasteiger partial charge in [-0.25, -0.2) is 4.39 Å². The lowest BCUT2D eigenvalue weighted by Crippen LogP contribution is -1.14. The van der Waals surface area contributed by atoms with Crippen LogP contribution in [0.2, 0.25) is 0 Å². The summed E-state index contributed by atoms with van der Waals surface area (Å²) in [5.41, 5.74) is 4.05. The molecule has 0 rings (SSSR count). The molecule has 0 saturated heterocycles. The highest BCUT2D eigenvalue weighted by atomic mass is 35.5. The van der Waals surface area contributed by atoms with Crippen molar-refractivity contribution in [3.8, 4) is 0 Å². The highest BCUT2D eigenvalue weighted by molar-refractivity contribution is 5.85. The van der Waals surface area contributed by atoms with E-state index in [1.807, 2.05) is 5.73 Å². The van der Waals surface area contributed by atoms with Gasteiger partial charge in [-0.05, 0) is 12.3 Å². The van der Waals surface area contributed by atoms with Crippen LogP contribution in [0.5, 0.6) is 0 Å². The van der Waals surface area contributed by atoms with Gasteiger partial charge in [-0.3, -0.25) is 0 Å². The van der Waals surface area contributed by atoms with Crippen molar-refractivity contribution >= 4 is 12.4 Å². The van der Waals surface area contributed by atoms with E-state index in [1.54, 1.807) is 0 Å². The number of halogens is 2. The van der Waals surface area contributed by atoms with Gasteiger partial charge in [-0.1, -0.05) is 5.73 Å². The first kappa shape index (κ1) is 9.10. The molecule has 0 aliphatic rings. The minimum absolute atomic E-state index is 0. The molecule has 0 radical (unpaired) electrons. The molecule has 0 aromatic carbocycles. The van der Waals surface area contributed by atoms with Crippen LogP contribution in [0.4, 0.5) is 4.39 Å². The van der Waals surface area contributed by atoms with Crippen molar-refractivity contribution in [2.45, 2.75) is 0 Å². The first-order chi connectivity index (χ1) is 2.41. The van der Waals surface area contributed by atoms with Gasteiger partial charge in [0.2, 0.25) is 0 Å². The van der Waals surface area contributed by atoms with Crippen molar-refractivity contribution in [2.75, 3.05) is 0 Å². The second-order valence-corrected chi connectivity index (χ2v) is 0.430. The van der Waals surface area contributed by atoms with Crippen molar-refractivity contribution in [3.05, 3.63) is 24.4 Å². The highest BCUT2D eigenvalue weighted by Gasteiger charge is 1.34. The maximum absolute atomic E-state index is 10.7. The summed E-state index contributed by atoms with van der Waals surface area (Å²) in [5.74, 6) is 0. The van der Waals surface area contributed by atoms with E-state index in [9.17, 15) is 4.39 Å². The Morgan fingerprint density at radius 3 is 2.17 bits per heavy atom. The third-order valence-electron chi connectivity index (χ3n) is 0.157. The van der Waals surface area contributed by atoms with Crippen molar-refractivity contribution in [1.29, 1.82) is 0 Å². The highest BCUT2D eigenvalue weighted by Crippen LogP contribution is 1.57. The predicted molar refractivity (Wildman–Crippen MR) is 25.6 cm³/mol. The molecular formula is C4H4ClF. The molecule has 34 valence electrons. The maximum atomic E-state index is 10.7. The summed E-state index contributed by atoms with van der Waals surface area (Å²) >= 11 is 0. The fourth-order valence-electron chi connectivity index (χ4n) is 0.0386. The summed E-state index contributed by atoms with van der Waals surface area (Å²) < 4.78 is 10.7. The molecule has 0 aromatic rings. The molecule has 0 N–H and O–H groups in total. The van der Waals surface area contributed by atoms with Crippen molar-refractivity contribution in [2.24, 2.45) is 0 Å². The SMILES string of the molecule is C=C=C=CF.Cl. The summed E-state index contributed by atoms with van der Waals surface area (Å²) in [6.07, 6.45) is 0.257. The number of hydrogen-bond acceptors (Lipinski definition) is 0. The molecule has 0 saturated carbocycles. The number of hydrogen-bond donors (Lipinski definition) is 0. The Kier molecular flexibility index (Phi) is 13.4. The van der Waals surface area contributed by atoms with Crippen molar-refractivity contribution in [3.63, 3.8) is 0 Å². The summed E-state index contributed by atoms with van der Waals surface area (Å²) in [6.45, 7) is 3.04. The third-order valence-corrected chi connectivity index (χ3v) is 0.157. The summed E-state index contributed by atoms with van der Waals surface area (Å²) in [5, 5.41) is 0. The van der Waals surface area contributed by atoms with E-state index in [-0.39, 0.29) is 18.7 Å². The second kappa shape index (κ2) is 8.82. The Bertz CT molecular complexity index is 85.7. The molecule has 0 aliphatic carbocycles. The van der Waals surface area contributed by atoms with Gasteiger partial charge in [0.05, 0.1) is 0 Å². The van der Waals surface area contributed by atoms with Gasteiger partial charge in [0.15, 0.2) is 0 Å². The Morgan fingerprint density at radius 1 is 1.67 bits per heavy atom. The van der Waals surface area contributed by atoms with E-state index in [4.69, 9.17) is 0 Å². The van der Waals surface area contributed by atoms with Crippen LogP contribution in [0.1, 0.15) is 0 Å². The maximum Gasteiger partial charge on any atom is 0.137 e.